The second kappa shape index (κ2) is 2.99. The molecular formula is C3H11AsO3Si. The molecule has 2 N–H and O–H groups in total. The Bertz CT molecular complexity index is 69.4. The summed E-state index contributed by atoms with van der Waals surface area (Å²) in [4.78, 5) is 0. The fourth-order valence-corrected chi connectivity index (χ4v) is 3.82. The van der Waals surface area contributed by atoms with E-state index in [-0.39, 0.29) is 0 Å². The molecule has 0 spiro atoms. The van der Waals surface area contributed by atoms with E-state index in [4.69, 9.17) is 11.6 Å². The molecule has 0 saturated heterocycles. The second-order valence-corrected chi connectivity index (χ2v) is 9.07. The summed E-state index contributed by atoms with van der Waals surface area (Å²) >= 11 is -2.79. The molecule has 0 rings (SSSR count). The minimum atomic E-state index is -2.79. The standard InChI is InChI=1S/C3H11AsO3Si/c1-8(2,3)7-4(5)6/h5-6H,1-3H3. The summed E-state index contributed by atoms with van der Waals surface area (Å²) in [5, 5.41) is 0. The van der Waals surface area contributed by atoms with Crippen molar-refractivity contribution < 1.29 is 11.6 Å². The molecular weight excluding hydrogens is 187 g/mol. The molecule has 0 aromatic carbocycles. The van der Waals surface area contributed by atoms with Crippen molar-refractivity contribution in [1.29, 1.82) is 0 Å². The number of rotatable bonds is 2. The Morgan fingerprint density at radius 1 is 1.25 bits per heavy atom. The van der Waals surface area contributed by atoms with E-state index in [1.54, 1.807) is 0 Å². The Morgan fingerprint density at radius 2 is 1.62 bits per heavy atom. The van der Waals surface area contributed by atoms with Gasteiger partial charge in [0.1, 0.15) is 0 Å². The van der Waals surface area contributed by atoms with Gasteiger partial charge in [-0.25, -0.2) is 0 Å². The maximum absolute atomic E-state index is 8.40. The van der Waals surface area contributed by atoms with Gasteiger partial charge in [-0.3, -0.25) is 0 Å². The van der Waals surface area contributed by atoms with Gasteiger partial charge in [0.05, 0.1) is 0 Å². The van der Waals surface area contributed by atoms with E-state index in [0.717, 1.165) is 0 Å². The molecule has 0 saturated carbocycles. The third kappa shape index (κ3) is 6.66. The molecule has 5 heteroatoms. The Labute approximate surface area is 55.7 Å². The van der Waals surface area contributed by atoms with Gasteiger partial charge >= 0.3 is 55.2 Å². The first-order valence-corrected chi connectivity index (χ1v) is 8.14. The molecule has 0 unspecified atom stereocenters. The first-order chi connectivity index (χ1) is 3.42. The summed E-state index contributed by atoms with van der Waals surface area (Å²) in [5.41, 5.74) is 0. The van der Waals surface area contributed by atoms with Crippen LogP contribution < -0.4 is 0 Å². The monoisotopic (exact) mass is 198 g/mol. The van der Waals surface area contributed by atoms with Crippen LogP contribution in [0.5, 0.6) is 0 Å². The fourth-order valence-electron chi connectivity index (χ4n) is 0.245. The van der Waals surface area contributed by atoms with E-state index < -0.39 is 24.0 Å². The predicted octanol–water partition coefficient (Wildman–Crippen LogP) is -0.193. The topological polar surface area (TPSA) is 49.7 Å². The molecule has 50 valence electrons. The third-order valence-corrected chi connectivity index (χ3v) is 5.54. The van der Waals surface area contributed by atoms with Gasteiger partial charge in [0.2, 0.25) is 0 Å². The van der Waals surface area contributed by atoms with E-state index >= 15 is 0 Å². The van der Waals surface area contributed by atoms with Gasteiger partial charge in [0.25, 0.3) is 0 Å². The molecule has 0 aromatic heterocycles. The average Bonchev–Trinajstić information content (AvgIpc) is 1.21. The Morgan fingerprint density at radius 3 is 1.62 bits per heavy atom. The maximum atomic E-state index is 8.40. The van der Waals surface area contributed by atoms with Crippen molar-refractivity contribution in [1.82, 2.24) is 0 Å². The number of hydrogen-bond donors (Lipinski definition) is 2. The van der Waals surface area contributed by atoms with E-state index in [1.807, 2.05) is 19.6 Å². The third-order valence-electron chi connectivity index (χ3n) is 0.356. The van der Waals surface area contributed by atoms with Gasteiger partial charge in [-0.05, 0) is 0 Å². The van der Waals surface area contributed by atoms with Crippen LogP contribution in [0.2, 0.25) is 19.6 Å². The van der Waals surface area contributed by atoms with Crippen LogP contribution in [0.3, 0.4) is 0 Å². The summed E-state index contributed by atoms with van der Waals surface area (Å²) in [6, 6.07) is 0. The molecule has 0 aromatic rings. The zero-order chi connectivity index (χ0) is 6.78. The van der Waals surface area contributed by atoms with E-state index in [0.29, 0.717) is 0 Å². The first kappa shape index (κ1) is 8.66. The van der Waals surface area contributed by atoms with Crippen LogP contribution in [-0.2, 0) is 3.42 Å². The van der Waals surface area contributed by atoms with Crippen LogP contribution in [0, 0.1) is 0 Å². The van der Waals surface area contributed by atoms with Crippen molar-refractivity contribution in [3.05, 3.63) is 0 Å². The van der Waals surface area contributed by atoms with Crippen LogP contribution >= 0.6 is 0 Å². The normalized spacial score (nSPS) is 12.8. The second-order valence-electron chi connectivity index (χ2n) is 2.46. The van der Waals surface area contributed by atoms with E-state index in [9.17, 15) is 0 Å². The van der Waals surface area contributed by atoms with Crippen molar-refractivity contribution in [2.75, 3.05) is 0 Å². The quantitative estimate of drug-likeness (QED) is 0.604. The van der Waals surface area contributed by atoms with Crippen molar-refractivity contribution in [2.24, 2.45) is 0 Å². The molecule has 0 heterocycles. The Kier molecular flexibility index (Phi) is 3.23. The molecule has 0 aliphatic carbocycles. The van der Waals surface area contributed by atoms with Gasteiger partial charge in [0.15, 0.2) is 0 Å². The molecule has 0 atom stereocenters. The van der Waals surface area contributed by atoms with Gasteiger partial charge in [0, 0.05) is 0 Å². The van der Waals surface area contributed by atoms with Crippen molar-refractivity contribution >= 4 is 24.0 Å². The van der Waals surface area contributed by atoms with E-state index in [2.05, 4.69) is 0 Å². The van der Waals surface area contributed by atoms with Gasteiger partial charge < -0.3 is 0 Å². The first-order valence-electron chi connectivity index (χ1n) is 2.29. The van der Waals surface area contributed by atoms with Crippen LogP contribution in [0.1, 0.15) is 0 Å². The Hall–Kier alpha value is 0.655. The number of hydrogen-bond acceptors (Lipinski definition) is 3. The van der Waals surface area contributed by atoms with Crippen LogP contribution in [0.25, 0.3) is 0 Å². The summed E-state index contributed by atoms with van der Waals surface area (Å²) in [5.74, 6) is 0. The van der Waals surface area contributed by atoms with Crippen molar-refractivity contribution in [3.63, 3.8) is 0 Å². The average molecular weight is 198 g/mol. The van der Waals surface area contributed by atoms with Gasteiger partial charge in [-0.1, -0.05) is 0 Å². The van der Waals surface area contributed by atoms with E-state index in [1.165, 1.54) is 0 Å². The van der Waals surface area contributed by atoms with Crippen LogP contribution in [0.4, 0.5) is 0 Å². The molecule has 0 radical (unpaired) electrons. The molecule has 0 fully saturated rings. The molecule has 0 amide bonds. The Balaban J connectivity index is 3.39. The summed E-state index contributed by atoms with van der Waals surface area (Å²) < 4.78 is 21.6. The van der Waals surface area contributed by atoms with Crippen molar-refractivity contribution in [2.45, 2.75) is 19.6 Å². The van der Waals surface area contributed by atoms with Gasteiger partial charge in [-0.15, -0.1) is 0 Å². The predicted molar refractivity (Wildman–Crippen MR) is 34.6 cm³/mol. The molecule has 0 aliphatic heterocycles. The summed E-state index contributed by atoms with van der Waals surface area (Å²) in [7, 11) is -1.66. The van der Waals surface area contributed by atoms with Crippen LogP contribution in [-0.4, -0.2) is 32.2 Å². The van der Waals surface area contributed by atoms with Crippen molar-refractivity contribution in [3.8, 4) is 0 Å². The van der Waals surface area contributed by atoms with Gasteiger partial charge in [-0.2, -0.15) is 0 Å². The molecule has 3 nitrogen and oxygen atoms in total. The molecule has 0 aliphatic rings. The zero-order valence-electron chi connectivity index (χ0n) is 5.25. The van der Waals surface area contributed by atoms with Crippen LogP contribution in [0.15, 0.2) is 0 Å². The summed E-state index contributed by atoms with van der Waals surface area (Å²) in [6.45, 7) is 5.75. The minimum absolute atomic E-state index is 1.66. The molecule has 8 heavy (non-hydrogen) atoms. The summed E-state index contributed by atoms with van der Waals surface area (Å²) in [6.07, 6.45) is 0. The SMILES string of the molecule is C[Si](C)(C)O[As](O)O. The molecule has 0 bridgehead atoms. The fraction of sp³-hybridized carbons (Fsp3) is 1.00. The zero-order valence-corrected chi connectivity index (χ0v) is 8.13.